The van der Waals surface area contributed by atoms with Gasteiger partial charge < -0.3 is 4.74 Å². The van der Waals surface area contributed by atoms with Crippen molar-refractivity contribution >= 4 is 43.1 Å². The van der Waals surface area contributed by atoms with Crippen LogP contribution in [0.3, 0.4) is 0 Å². The zero-order valence-corrected chi connectivity index (χ0v) is 22.3. The van der Waals surface area contributed by atoms with Crippen LogP contribution >= 0.6 is 0 Å². The number of aromatic nitrogens is 1. The second-order valence-electron chi connectivity index (χ2n) is 10.4. The molecule has 0 N–H and O–H groups in total. The van der Waals surface area contributed by atoms with Crippen molar-refractivity contribution in [1.29, 1.82) is 0 Å². The van der Waals surface area contributed by atoms with Crippen LogP contribution in [0, 0.1) is 0 Å². The molecule has 1 heterocycles. The van der Waals surface area contributed by atoms with Crippen molar-refractivity contribution < 1.29 is 4.74 Å². The van der Waals surface area contributed by atoms with Gasteiger partial charge in [0, 0.05) is 28.6 Å². The van der Waals surface area contributed by atoms with E-state index >= 15 is 0 Å². The predicted molar refractivity (Wildman–Crippen MR) is 172 cm³/mol. The average molecular weight is 524 g/mol. The Balaban J connectivity index is 1.31. The van der Waals surface area contributed by atoms with Crippen molar-refractivity contribution in [2.45, 2.75) is 0 Å². The lowest BCUT2D eigenvalue weighted by molar-refractivity contribution is 0.494. The van der Waals surface area contributed by atoms with Crippen LogP contribution in [0.15, 0.2) is 152 Å². The molecule has 0 unspecified atom stereocenters. The van der Waals surface area contributed by atoms with Crippen LogP contribution in [0.25, 0.3) is 65.3 Å². The minimum absolute atomic E-state index is 0.816. The molecule has 0 bridgehead atoms. The third-order valence-corrected chi connectivity index (χ3v) is 7.97. The topological polar surface area (TPSA) is 22.1 Å². The van der Waals surface area contributed by atoms with E-state index in [2.05, 4.69) is 114 Å². The molecule has 8 aromatic rings. The molecule has 1 aromatic heterocycles. The summed E-state index contributed by atoms with van der Waals surface area (Å²) in [5, 5.41) is 9.30. The number of hydrogen-bond acceptors (Lipinski definition) is 2. The fourth-order valence-corrected chi connectivity index (χ4v) is 6.05. The third kappa shape index (κ3) is 4.00. The van der Waals surface area contributed by atoms with Crippen molar-refractivity contribution in [2.24, 2.45) is 0 Å². The summed E-state index contributed by atoms with van der Waals surface area (Å²) < 4.78 is 6.52. The Morgan fingerprint density at radius 3 is 1.95 bits per heavy atom. The summed E-state index contributed by atoms with van der Waals surface area (Å²) in [6.45, 7) is 0. The Kier molecular flexibility index (Phi) is 5.49. The van der Waals surface area contributed by atoms with Crippen LogP contribution < -0.4 is 4.74 Å². The molecule has 2 heteroatoms. The molecule has 0 aliphatic rings. The number of hydrogen-bond donors (Lipinski definition) is 0. The maximum atomic E-state index is 6.52. The summed E-state index contributed by atoms with van der Waals surface area (Å²) in [4.78, 5) is 4.53. The summed E-state index contributed by atoms with van der Waals surface area (Å²) in [5.41, 5.74) is 4.82. The highest BCUT2D eigenvalue weighted by Gasteiger charge is 2.17. The molecular weight excluding hydrogens is 498 g/mol. The zero-order valence-electron chi connectivity index (χ0n) is 22.3. The van der Waals surface area contributed by atoms with Crippen LogP contribution in [-0.4, -0.2) is 4.98 Å². The second-order valence-corrected chi connectivity index (χ2v) is 10.4. The van der Waals surface area contributed by atoms with E-state index in [9.17, 15) is 0 Å². The number of pyridine rings is 1. The lowest BCUT2D eigenvalue weighted by Gasteiger charge is -2.17. The van der Waals surface area contributed by atoms with Gasteiger partial charge in [0.25, 0.3) is 0 Å². The molecule has 0 atom stereocenters. The number of nitrogens with zero attached hydrogens (tertiary/aromatic N) is 1. The number of para-hydroxylation sites is 1. The van der Waals surface area contributed by atoms with Crippen LogP contribution in [0.2, 0.25) is 0 Å². The van der Waals surface area contributed by atoms with Gasteiger partial charge in [0.15, 0.2) is 0 Å². The summed E-state index contributed by atoms with van der Waals surface area (Å²) in [5.74, 6) is 1.67. The van der Waals surface area contributed by atoms with Crippen molar-refractivity contribution in [3.8, 4) is 33.8 Å². The Bertz CT molecular complexity index is 2170. The van der Waals surface area contributed by atoms with Gasteiger partial charge >= 0.3 is 0 Å². The molecule has 41 heavy (non-hydrogen) atoms. The highest BCUT2D eigenvalue weighted by Crippen LogP contribution is 2.45. The van der Waals surface area contributed by atoms with Gasteiger partial charge in [-0.15, -0.1) is 0 Å². The maximum absolute atomic E-state index is 6.52. The summed E-state index contributed by atoms with van der Waals surface area (Å²) in [6, 6.07) is 49.2. The number of rotatable bonds is 4. The summed E-state index contributed by atoms with van der Waals surface area (Å²) in [7, 11) is 0. The molecule has 0 saturated carbocycles. The number of fused-ring (bicyclic) bond motifs is 4. The van der Waals surface area contributed by atoms with Gasteiger partial charge in [-0.3, -0.25) is 4.98 Å². The Morgan fingerprint density at radius 2 is 1.10 bits per heavy atom. The summed E-state index contributed by atoms with van der Waals surface area (Å²) >= 11 is 0. The lowest BCUT2D eigenvalue weighted by atomic mass is 9.90. The number of ether oxygens (including phenoxy) is 1. The molecule has 0 aliphatic heterocycles. The minimum Gasteiger partial charge on any atom is -0.456 e. The van der Waals surface area contributed by atoms with Gasteiger partial charge in [0.2, 0.25) is 0 Å². The molecular formula is C39H25NO. The van der Waals surface area contributed by atoms with E-state index in [0.717, 1.165) is 38.6 Å². The van der Waals surface area contributed by atoms with Crippen LogP contribution in [0.5, 0.6) is 11.5 Å². The van der Waals surface area contributed by atoms with E-state index in [1.807, 2.05) is 42.7 Å². The van der Waals surface area contributed by atoms with Gasteiger partial charge in [0.1, 0.15) is 11.5 Å². The molecule has 0 spiro atoms. The quantitative estimate of drug-likeness (QED) is 0.214. The second kappa shape index (κ2) is 9.62. The third-order valence-electron chi connectivity index (χ3n) is 7.97. The first-order valence-electron chi connectivity index (χ1n) is 13.9. The largest absolute Gasteiger partial charge is 0.456 e. The van der Waals surface area contributed by atoms with Crippen molar-refractivity contribution in [2.75, 3.05) is 0 Å². The molecule has 8 rings (SSSR count). The molecule has 0 saturated heterocycles. The fraction of sp³-hybridized carbons (Fsp3) is 0. The monoisotopic (exact) mass is 523 g/mol. The smallest absolute Gasteiger partial charge is 0.143 e. The van der Waals surface area contributed by atoms with E-state index in [4.69, 9.17) is 4.74 Å². The molecule has 0 aliphatic carbocycles. The molecule has 7 aromatic carbocycles. The van der Waals surface area contributed by atoms with E-state index in [1.165, 1.54) is 38.2 Å². The highest BCUT2D eigenvalue weighted by molar-refractivity contribution is 6.17. The van der Waals surface area contributed by atoms with Gasteiger partial charge in [-0.25, -0.2) is 0 Å². The molecule has 192 valence electrons. The van der Waals surface area contributed by atoms with Gasteiger partial charge in [-0.1, -0.05) is 109 Å². The average Bonchev–Trinajstić information content (AvgIpc) is 3.04. The molecule has 0 amide bonds. The van der Waals surface area contributed by atoms with Crippen LogP contribution in [0.1, 0.15) is 0 Å². The van der Waals surface area contributed by atoms with Crippen LogP contribution in [-0.2, 0) is 0 Å². The first-order valence-corrected chi connectivity index (χ1v) is 13.9. The first-order chi connectivity index (χ1) is 20.3. The predicted octanol–water partition coefficient (Wildman–Crippen LogP) is 10.8. The van der Waals surface area contributed by atoms with E-state index < -0.39 is 0 Å². The minimum atomic E-state index is 0.816. The fourth-order valence-electron chi connectivity index (χ4n) is 6.05. The van der Waals surface area contributed by atoms with Gasteiger partial charge in [-0.2, -0.15) is 0 Å². The van der Waals surface area contributed by atoms with Crippen molar-refractivity contribution in [3.63, 3.8) is 0 Å². The zero-order chi connectivity index (χ0) is 27.2. The van der Waals surface area contributed by atoms with Crippen LogP contribution in [0.4, 0.5) is 0 Å². The van der Waals surface area contributed by atoms with E-state index in [1.54, 1.807) is 0 Å². The molecule has 0 fully saturated rings. The van der Waals surface area contributed by atoms with Crippen molar-refractivity contribution in [1.82, 2.24) is 4.98 Å². The lowest BCUT2D eigenvalue weighted by Crippen LogP contribution is -1.93. The number of benzene rings is 7. The Labute approximate surface area is 238 Å². The van der Waals surface area contributed by atoms with Gasteiger partial charge in [0.05, 0.1) is 0 Å². The highest BCUT2D eigenvalue weighted by atomic mass is 16.5. The van der Waals surface area contributed by atoms with Gasteiger partial charge in [-0.05, 0) is 79.5 Å². The Morgan fingerprint density at radius 1 is 0.439 bits per heavy atom. The first kappa shape index (κ1) is 23.4. The van der Waals surface area contributed by atoms with E-state index in [0.29, 0.717) is 0 Å². The van der Waals surface area contributed by atoms with Crippen molar-refractivity contribution in [3.05, 3.63) is 152 Å². The normalized spacial score (nSPS) is 11.4. The Hall–Kier alpha value is -5.47. The standard InChI is InChI=1S/C39H25NO/c1-2-11-31(12-3-1)41-39-35-15-7-6-14-34(35)38(37-25-40-22-21-36(37)39)30-20-18-27-23-29(19-17-28(27)24-30)33-16-8-10-26-9-4-5-13-32(26)33/h1-25H. The molecule has 2 nitrogen and oxygen atoms in total. The maximum Gasteiger partial charge on any atom is 0.143 e. The molecule has 0 radical (unpaired) electrons. The summed E-state index contributed by atoms with van der Waals surface area (Å²) in [6.07, 6.45) is 3.80. The van der Waals surface area contributed by atoms with E-state index in [-0.39, 0.29) is 0 Å². The SMILES string of the molecule is c1ccc(Oc2c3ccccc3c(-c3ccc4cc(-c5cccc6ccccc56)ccc4c3)c3cnccc23)cc1.